The highest BCUT2D eigenvalue weighted by molar-refractivity contribution is 8.00. The molecule has 0 aliphatic carbocycles. The number of hydrogen-bond donors (Lipinski definition) is 1. The number of nitrogens with one attached hydrogen (secondary N) is 1. The van der Waals surface area contributed by atoms with Crippen molar-refractivity contribution >= 4 is 35.0 Å². The van der Waals surface area contributed by atoms with E-state index in [4.69, 9.17) is 0 Å². The van der Waals surface area contributed by atoms with Crippen LogP contribution >= 0.6 is 11.8 Å². The molecule has 0 saturated heterocycles. The van der Waals surface area contributed by atoms with E-state index in [-0.39, 0.29) is 11.8 Å². The molecule has 0 spiro atoms. The fraction of sp³-hybridized carbons (Fsp3) is 0.130. The normalized spacial score (nSPS) is 10.3. The molecule has 0 radical (unpaired) electrons. The van der Waals surface area contributed by atoms with Gasteiger partial charge in [0.1, 0.15) is 0 Å². The van der Waals surface area contributed by atoms with E-state index in [1.807, 2.05) is 89.8 Å². The fourth-order valence-electron chi connectivity index (χ4n) is 2.76. The Bertz CT molecular complexity index is 912. The molecule has 3 aromatic carbocycles. The predicted octanol–water partition coefficient (Wildman–Crippen LogP) is 4.97. The number of amides is 2. The third kappa shape index (κ3) is 5.72. The molecule has 2 amide bonds. The Hall–Kier alpha value is -3.05. The van der Waals surface area contributed by atoms with E-state index < -0.39 is 0 Å². The Morgan fingerprint density at radius 1 is 0.857 bits per heavy atom. The molecular formula is C23H22N2O2S. The van der Waals surface area contributed by atoms with Crippen LogP contribution in [0.15, 0.2) is 89.8 Å². The van der Waals surface area contributed by atoms with Crippen LogP contribution < -0.4 is 10.2 Å². The number of hydrogen-bond acceptors (Lipinski definition) is 3. The predicted molar refractivity (Wildman–Crippen MR) is 116 cm³/mol. The molecule has 1 N–H and O–H groups in total. The summed E-state index contributed by atoms with van der Waals surface area (Å²) in [5.74, 6) is 0.280. The number of rotatable bonds is 7. The number of thioether (sulfide) groups is 1. The largest absolute Gasteiger partial charge is 0.326 e. The molecule has 3 aromatic rings. The summed E-state index contributed by atoms with van der Waals surface area (Å²) in [6.45, 7) is 2.01. The van der Waals surface area contributed by atoms with E-state index in [1.165, 1.54) is 18.7 Å². The Labute approximate surface area is 169 Å². The minimum atomic E-state index is -0.102. The van der Waals surface area contributed by atoms with Crippen molar-refractivity contribution in [3.8, 4) is 0 Å². The highest BCUT2D eigenvalue weighted by atomic mass is 32.2. The molecule has 0 bridgehead atoms. The van der Waals surface area contributed by atoms with Crippen molar-refractivity contribution in [3.05, 3.63) is 90.5 Å². The van der Waals surface area contributed by atoms with Crippen LogP contribution in [0.25, 0.3) is 0 Å². The first kappa shape index (κ1) is 19.7. The van der Waals surface area contributed by atoms with Gasteiger partial charge in [0, 0.05) is 23.2 Å². The van der Waals surface area contributed by atoms with Crippen molar-refractivity contribution in [2.75, 3.05) is 16.0 Å². The fourth-order valence-corrected chi connectivity index (χ4v) is 3.53. The number of para-hydroxylation sites is 1. The van der Waals surface area contributed by atoms with Crippen LogP contribution in [-0.2, 0) is 16.1 Å². The maximum atomic E-state index is 13.0. The molecule has 28 heavy (non-hydrogen) atoms. The van der Waals surface area contributed by atoms with Gasteiger partial charge in [0.25, 0.3) is 0 Å². The van der Waals surface area contributed by atoms with Crippen LogP contribution in [-0.4, -0.2) is 17.6 Å². The van der Waals surface area contributed by atoms with Gasteiger partial charge in [-0.1, -0.05) is 48.5 Å². The van der Waals surface area contributed by atoms with E-state index in [2.05, 4.69) is 5.32 Å². The van der Waals surface area contributed by atoms with Gasteiger partial charge in [-0.25, -0.2) is 0 Å². The molecule has 3 rings (SSSR count). The van der Waals surface area contributed by atoms with Crippen LogP contribution in [0.3, 0.4) is 0 Å². The van der Waals surface area contributed by atoms with Crippen molar-refractivity contribution in [1.29, 1.82) is 0 Å². The summed E-state index contributed by atoms with van der Waals surface area (Å²) in [6, 6.07) is 27.2. The highest BCUT2D eigenvalue weighted by Gasteiger charge is 2.16. The summed E-state index contributed by atoms with van der Waals surface area (Å²) < 4.78 is 0. The molecule has 0 unspecified atom stereocenters. The van der Waals surface area contributed by atoms with E-state index >= 15 is 0 Å². The summed E-state index contributed by atoms with van der Waals surface area (Å²) in [7, 11) is 0. The number of anilines is 2. The first-order chi connectivity index (χ1) is 13.6. The van der Waals surface area contributed by atoms with Crippen molar-refractivity contribution < 1.29 is 9.59 Å². The molecule has 4 nitrogen and oxygen atoms in total. The topological polar surface area (TPSA) is 49.4 Å². The quantitative estimate of drug-likeness (QED) is 0.580. The second-order valence-electron chi connectivity index (χ2n) is 6.30. The Balaban J connectivity index is 1.68. The summed E-state index contributed by atoms with van der Waals surface area (Å²) in [4.78, 5) is 26.9. The van der Waals surface area contributed by atoms with Crippen LogP contribution in [0.4, 0.5) is 11.4 Å². The standard InChI is InChI=1S/C23H22N2O2S/c1-18(26)24-20-12-14-22(15-13-20)28-17-23(27)25(21-10-6-3-7-11-21)16-19-8-4-2-5-9-19/h2-15H,16-17H2,1H3,(H,24,26). The minimum Gasteiger partial charge on any atom is -0.326 e. The lowest BCUT2D eigenvalue weighted by atomic mass is 10.2. The Morgan fingerprint density at radius 2 is 1.46 bits per heavy atom. The van der Waals surface area contributed by atoms with Crippen molar-refractivity contribution in [2.45, 2.75) is 18.4 Å². The molecule has 0 fully saturated rings. The molecule has 0 aromatic heterocycles. The SMILES string of the molecule is CC(=O)Nc1ccc(SCC(=O)N(Cc2ccccc2)c2ccccc2)cc1. The zero-order chi connectivity index (χ0) is 19.8. The number of carbonyl (C=O) groups excluding carboxylic acids is 2. The van der Waals surface area contributed by atoms with Crippen LogP contribution in [0.1, 0.15) is 12.5 Å². The van der Waals surface area contributed by atoms with Gasteiger partial charge in [-0.05, 0) is 42.0 Å². The molecule has 0 aliphatic rings. The first-order valence-corrected chi connectivity index (χ1v) is 10.00. The van der Waals surface area contributed by atoms with E-state index in [0.717, 1.165) is 21.8 Å². The zero-order valence-electron chi connectivity index (χ0n) is 15.7. The van der Waals surface area contributed by atoms with E-state index in [1.54, 1.807) is 0 Å². The van der Waals surface area contributed by atoms with Crippen molar-refractivity contribution in [1.82, 2.24) is 0 Å². The smallest absolute Gasteiger partial charge is 0.237 e. The van der Waals surface area contributed by atoms with Gasteiger partial charge < -0.3 is 10.2 Å². The van der Waals surface area contributed by atoms with Crippen molar-refractivity contribution in [2.24, 2.45) is 0 Å². The number of nitrogens with zero attached hydrogens (tertiary/aromatic N) is 1. The third-order valence-corrected chi connectivity index (χ3v) is 5.09. The average molecular weight is 391 g/mol. The lowest BCUT2D eigenvalue weighted by molar-refractivity contribution is -0.116. The highest BCUT2D eigenvalue weighted by Crippen LogP contribution is 2.23. The van der Waals surface area contributed by atoms with Crippen molar-refractivity contribution in [3.63, 3.8) is 0 Å². The maximum Gasteiger partial charge on any atom is 0.237 e. The Kier molecular flexibility index (Phi) is 6.87. The second-order valence-corrected chi connectivity index (χ2v) is 7.34. The lowest BCUT2D eigenvalue weighted by Gasteiger charge is -2.23. The summed E-state index contributed by atoms with van der Waals surface area (Å²) in [5.41, 5.74) is 2.72. The summed E-state index contributed by atoms with van der Waals surface area (Å²) >= 11 is 1.49. The molecule has 0 saturated carbocycles. The van der Waals surface area contributed by atoms with Gasteiger partial charge in [-0.15, -0.1) is 11.8 Å². The second kappa shape index (κ2) is 9.76. The zero-order valence-corrected chi connectivity index (χ0v) is 16.5. The number of benzene rings is 3. The van der Waals surface area contributed by atoms with E-state index in [0.29, 0.717) is 12.3 Å². The molecule has 0 atom stereocenters. The molecular weight excluding hydrogens is 368 g/mol. The van der Waals surface area contributed by atoms with Crippen LogP contribution in [0, 0.1) is 0 Å². The van der Waals surface area contributed by atoms with Gasteiger partial charge in [0.05, 0.1) is 12.3 Å². The van der Waals surface area contributed by atoms with Gasteiger partial charge in [-0.2, -0.15) is 0 Å². The Morgan fingerprint density at radius 3 is 2.07 bits per heavy atom. The summed E-state index contributed by atoms with van der Waals surface area (Å²) in [6.07, 6.45) is 0. The average Bonchev–Trinajstić information content (AvgIpc) is 2.72. The van der Waals surface area contributed by atoms with E-state index in [9.17, 15) is 9.59 Å². The minimum absolute atomic E-state index is 0.0472. The van der Waals surface area contributed by atoms with Crippen LogP contribution in [0.2, 0.25) is 0 Å². The molecule has 0 aliphatic heterocycles. The van der Waals surface area contributed by atoms with Gasteiger partial charge in [0.2, 0.25) is 11.8 Å². The van der Waals surface area contributed by atoms with Crippen LogP contribution in [0.5, 0.6) is 0 Å². The van der Waals surface area contributed by atoms with Gasteiger partial charge in [0.15, 0.2) is 0 Å². The lowest BCUT2D eigenvalue weighted by Crippen LogP contribution is -2.31. The van der Waals surface area contributed by atoms with Gasteiger partial charge in [-0.3, -0.25) is 9.59 Å². The maximum absolute atomic E-state index is 13.0. The monoisotopic (exact) mass is 390 g/mol. The third-order valence-electron chi connectivity index (χ3n) is 4.09. The molecule has 142 valence electrons. The van der Waals surface area contributed by atoms with Gasteiger partial charge >= 0.3 is 0 Å². The molecule has 5 heteroatoms. The molecule has 0 heterocycles. The first-order valence-electron chi connectivity index (χ1n) is 9.01. The summed E-state index contributed by atoms with van der Waals surface area (Å²) in [5, 5.41) is 2.74. The number of carbonyl (C=O) groups is 2.